The molecule has 180 valence electrons. The van der Waals surface area contributed by atoms with Crippen molar-refractivity contribution in [3.8, 4) is 22.9 Å². The average Bonchev–Trinajstić information content (AvgIpc) is 3.72. The van der Waals surface area contributed by atoms with Crippen LogP contribution in [0.15, 0.2) is 36.7 Å². The van der Waals surface area contributed by atoms with Crippen LogP contribution in [0.5, 0.6) is 5.75 Å². The number of rotatable bonds is 6. The summed E-state index contributed by atoms with van der Waals surface area (Å²) in [5, 5.41) is 22.2. The Morgan fingerprint density at radius 1 is 1.26 bits per heavy atom. The van der Waals surface area contributed by atoms with Crippen LogP contribution in [-0.4, -0.2) is 65.3 Å². The van der Waals surface area contributed by atoms with E-state index in [0.29, 0.717) is 50.0 Å². The van der Waals surface area contributed by atoms with E-state index in [9.17, 15) is 15.2 Å². The Labute approximate surface area is 204 Å². The van der Waals surface area contributed by atoms with Crippen molar-refractivity contribution in [2.45, 2.75) is 38.1 Å². The van der Waals surface area contributed by atoms with Crippen molar-refractivity contribution in [1.82, 2.24) is 14.9 Å². The van der Waals surface area contributed by atoms with Gasteiger partial charge in [0.15, 0.2) is 0 Å². The first kappa shape index (κ1) is 23.1. The van der Waals surface area contributed by atoms with Gasteiger partial charge in [-0.2, -0.15) is 5.26 Å². The fraction of sp³-hybridized carbons (Fsp3) is 0.407. The zero-order valence-corrected chi connectivity index (χ0v) is 20.1. The van der Waals surface area contributed by atoms with Crippen LogP contribution >= 0.6 is 0 Å². The number of amides is 1. The number of methoxy groups -OCH3 is 1. The first-order valence-corrected chi connectivity index (χ1v) is 12.1. The number of carbonyl (C=O) groups excluding carboxylic acids is 1. The van der Waals surface area contributed by atoms with Gasteiger partial charge in [-0.25, -0.2) is 4.98 Å². The molecule has 35 heavy (non-hydrogen) atoms. The molecule has 1 unspecified atom stereocenters. The topological polar surface area (TPSA) is 103 Å². The molecule has 8 nitrogen and oxygen atoms in total. The highest BCUT2D eigenvalue weighted by molar-refractivity contribution is 6.01. The van der Waals surface area contributed by atoms with E-state index in [1.807, 2.05) is 36.1 Å². The van der Waals surface area contributed by atoms with Crippen LogP contribution < -0.4 is 4.90 Å². The van der Waals surface area contributed by atoms with Crippen LogP contribution in [0, 0.1) is 11.3 Å². The summed E-state index contributed by atoms with van der Waals surface area (Å²) < 4.78 is 5.06. The molecule has 2 aliphatic rings. The van der Waals surface area contributed by atoms with Crippen LogP contribution in [0.2, 0.25) is 0 Å². The minimum atomic E-state index is 0.00742. The summed E-state index contributed by atoms with van der Waals surface area (Å²) in [6.07, 6.45) is 5.67. The standard InChI is InChI=1S/C27H29N5O3/c1-17-16-31(9-10-32(17)24(34)8-11-35-2)27-20(13-28)12-22(26(30-27)18-6-7-18)21-5-3-4-19-14-29-15-23(33)25(19)21/h3-5,12,14-15,17-18,33H,6-11,16H2,1-2H3. The van der Waals surface area contributed by atoms with Crippen molar-refractivity contribution in [3.63, 3.8) is 0 Å². The van der Waals surface area contributed by atoms with E-state index >= 15 is 0 Å². The predicted octanol–water partition coefficient (Wildman–Crippen LogP) is 3.83. The van der Waals surface area contributed by atoms with Crippen LogP contribution in [0.4, 0.5) is 5.82 Å². The van der Waals surface area contributed by atoms with Crippen molar-refractivity contribution >= 4 is 22.5 Å². The number of anilines is 1. The molecule has 1 atom stereocenters. The molecule has 3 heterocycles. The van der Waals surface area contributed by atoms with Gasteiger partial charge < -0.3 is 19.6 Å². The highest BCUT2D eigenvalue weighted by atomic mass is 16.5. The highest BCUT2D eigenvalue weighted by Gasteiger charge is 2.33. The van der Waals surface area contributed by atoms with Crippen molar-refractivity contribution in [2.24, 2.45) is 0 Å². The van der Waals surface area contributed by atoms with Gasteiger partial charge in [0, 0.05) is 61.2 Å². The lowest BCUT2D eigenvalue weighted by atomic mass is 9.94. The first-order chi connectivity index (χ1) is 17.0. The van der Waals surface area contributed by atoms with Crippen molar-refractivity contribution < 1.29 is 14.6 Å². The van der Waals surface area contributed by atoms with Gasteiger partial charge in [0.25, 0.3) is 0 Å². The molecule has 1 N–H and O–H groups in total. The Morgan fingerprint density at radius 3 is 2.80 bits per heavy atom. The second kappa shape index (κ2) is 9.51. The molecule has 0 spiro atoms. The van der Waals surface area contributed by atoms with E-state index in [1.165, 1.54) is 6.20 Å². The number of fused-ring (bicyclic) bond motifs is 1. The average molecular weight is 472 g/mol. The van der Waals surface area contributed by atoms with Crippen molar-refractivity contribution in [2.75, 3.05) is 38.3 Å². The normalized spacial score (nSPS) is 18.0. The number of hydrogen-bond acceptors (Lipinski definition) is 7. The Hall–Kier alpha value is -3.70. The summed E-state index contributed by atoms with van der Waals surface area (Å²) in [6, 6.07) is 10.1. The third-order valence-corrected chi connectivity index (χ3v) is 6.94. The van der Waals surface area contributed by atoms with E-state index < -0.39 is 0 Å². The Bertz CT molecular complexity index is 1310. The molecule has 3 aromatic rings. The lowest BCUT2D eigenvalue weighted by Crippen LogP contribution is -2.54. The number of piperazine rings is 1. The van der Waals surface area contributed by atoms with Gasteiger partial charge in [0.05, 0.1) is 30.5 Å². The zero-order chi connectivity index (χ0) is 24.5. The van der Waals surface area contributed by atoms with Gasteiger partial charge >= 0.3 is 0 Å². The molecule has 2 fully saturated rings. The summed E-state index contributed by atoms with van der Waals surface area (Å²) in [4.78, 5) is 25.8. The molecule has 1 saturated heterocycles. The molecule has 1 aliphatic carbocycles. The molecule has 5 rings (SSSR count). The van der Waals surface area contributed by atoms with Crippen LogP contribution in [-0.2, 0) is 9.53 Å². The maximum atomic E-state index is 12.6. The summed E-state index contributed by atoms with van der Waals surface area (Å²) in [7, 11) is 1.60. The third kappa shape index (κ3) is 4.40. The van der Waals surface area contributed by atoms with E-state index in [1.54, 1.807) is 13.3 Å². The number of ether oxygens (including phenoxy) is 1. The number of pyridine rings is 2. The van der Waals surface area contributed by atoms with Crippen molar-refractivity contribution in [1.29, 1.82) is 5.26 Å². The second-order valence-corrected chi connectivity index (χ2v) is 9.37. The Kier molecular flexibility index (Phi) is 6.27. The maximum absolute atomic E-state index is 12.6. The first-order valence-electron chi connectivity index (χ1n) is 12.1. The van der Waals surface area contributed by atoms with Crippen LogP contribution in [0.1, 0.15) is 43.4 Å². The third-order valence-electron chi connectivity index (χ3n) is 6.94. The molecule has 1 amide bonds. The fourth-order valence-electron chi connectivity index (χ4n) is 5.02. The molecular weight excluding hydrogens is 442 g/mol. The van der Waals surface area contributed by atoms with Gasteiger partial charge in [0.2, 0.25) is 5.91 Å². The minimum absolute atomic E-state index is 0.00742. The monoisotopic (exact) mass is 471 g/mol. The summed E-state index contributed by atoms with van der Waals surface area (Å²) in [5.41, 5.74) is 3.22. The lowest BCUT2D eigenvalue weighted by molar-refractivity contribution is -0.134. The summed E-state index contributed by atoms with van der Waals surface area (Å²) in [6.45, 7) is 4.27. The number of benzene rings is 1. The van der Waals surface area contributed by atoms with Crippen LogP contribution in [0.3, 0.4) is 0 Å². The number of hydrogen-bond donors (Lipinski definition) is 1. The van der Waals surface area contributed by atoms with Gasteiger partial charge in [-0.05, 0) is 31.4 Å². The smallest absolute Gasteiger partial charge is 0.225 e. The second-order valence-electron chi connectivity index (χ2n) is 9.37. The maximum Gasteiger partial charge on any atom is 0.225 e. The van der Waals surface area contributed by atoms with Gasteiger partial charge in [-0.3, -0.25) is 9.78 Å². The number of nitrogens with zero attached hydrogens (tertiary/aromatic N) is 5. The number of aromatic nitrogens is 2. The summed E-state index contributed by atoms with van der Waals surface area (Å²) >= 11 is 0. The van der Waals surface area contributed by atoms with E-state index in [2.05, 4.69) is 16.0 Å². The SMILES string of the molecule is COCCC(=O)N1CCN(c2nc(C3CC3)c(-c3cccc4cncc(O)c34)cc2C#N)CC1C. The molecule has 0 bridgehead atoms. The molecule has 2 aromatic heterocycles. The van der Waals surface area contributed by atoms with E-state index in [4.69, 9.17) is 9.72 Å². The molecule has 8 heteroatoms. The van der Waals surface area contributed by atoms with E-state index in [0.717, 1.165) is 40.4 Å². The Morgan fingerprint density at radius 2 is 2.09 bits per heavy atom. The van der Waals surface area contributed by atoms with Gasteiger partial charge in [-0.15, -0.1) is 0 Å². The molecule has 0 radical (unpaired) electrons. The quantitative estimate of drug-likeness (QED) is 0.583. The largest absolute Gasteiger partial charge is 0.506 e. The van der Waals surface area contributed by atoms with E-state index in [-0.39, 0.29) is 17.7 Å². The van der Waals surface area contributed by atoms with Gasteiger partial charge in [-0.1, -0.05) is 18.2 Å². The molecule has 1 aliphatic heterocycles. The van der Waals surface area contributed by atoms with Crippen molar-refractivity contribution in [3.05, 3.63) is 47.9 Å². The Balaban J connectivity index is 1.53. The number of carbonyl (C=O) groups is 1. The lowest BCUT2D eigenvalue weighted by Gasteiger charge is -2.41. The number of nitriles is 1. The molecular formula is C27H29N5O3. The summed E-state index contributed by atoms with van der Waals surface area (Å²) in [5.74, 6) is 1.22. The highest BCUT2D eigenvalue weighted by Crippen LogP contribution is 2.47. The minimum Gasteiger partial charge on any atom is -0.506 e. The van der Waals surface area contributed by atoms with Crippen LogP contribution in [0.25, 0.3) is 21.9 Å². The molecule has 1 aromatic carbocycles. The molecule has 1 saturated carbocycles. The zero-order valence-electron chi connectivity index (χ0n) is 20.1. The number of aromatic hydroxyl groups is 1. The predicted molar refractivity (Wildman–Crippen MR) is 133 cm³/mol. The van der Waals surface area contributed by atoms with Gasteiger partial charge in [0.1, 0.15) is 17.6 Å². The fourth-order valence-corrected chi connectivity index (χ4v) is 5.02.